The molecule has 0 bridgehead atoms. The molecule has 2 aliphatic rings. The van der Waals surface area contributed by atoms with Gasteiger partial charge < -0.3 is 11.1 Å². The second-order valence-corrected chi connectivity index (χ2v) is 9.47. The summed E-state index contributed by atoms with van der Waals surface area (Å²) in [5.41, 5.74) is 7.41. The molecule has 2 heterocycles. The Morgan fingerprint density at radius 3 is 2.42 bits per heavy atom. The maximum Gasteiger partial charge on any atom is 0.392 e. The SMILES string of the molecule is CC(CC(=O)NC(c1ccn2cc(C(N)C3CCC(F)(F)CC3)nc2n1)C1CC1)C(F)(F)F. The molecule has 6 nitrogen and oxygen atoms in total. The van der Waals surface area contributed by atoms with Crippen molar-refractivity contribution in [1.82, 2.24) is 19.7 Å². The van der Waals surface area contributed by atoms with Gasteiger partial charge in [0.1, 0.15) is 0 Å². The summed E-state index contributed by atoms with van der Waals surface area (Å²) >= 11 is 0. The molecule has 4 rings (SSSR count). The molecule has 33 heavy (non-hydrogen) atoms. The van der Waals surface area contributed by atoms with Gasteiger partial charge in [-0.2, -0.15) is 13.2 Å². The maximum atomic E-state index is 13.5. The number of amides is 1. The number of nitrogens with two attached hydrogens (primary N) is 1. The van der Waals surface area contributed by atoms with Crippen LogP contribution in [0, 0.1) is 17.8 Å². The van der Waals surface area contributed by atoms with Gasteiger partial charge >= 0.3 is 6.18 Å². The van der Waals surface area contributed by atoms with Crippen molar-refractivity contribution < 1.29 is 26.7 Å². The first-order valence-electron chi connectivity index (χ1n) is 11.3. The lowest BCUT2D eigenvalue weighted by Gasteiger charge is -2.31. The van der Waals surface area contributed by atoms with Crippen LogP contribution in [-0.2, 0) is 4.79 Å². The topological polar surface area (TPSA) is 85.3 Å². The smallest absolute Gasteiger partial charge is 0.347 e. The molecule has 0 aromatic carbocycles. The van der Waals surface area contributed by atoms with Crippen molar-refractivity contribution in [3.8, 4) is 0 Å². The zero-order valence-electron chi connectivity index (χ0n) is 18.3. The fourth-order valence-corrected chi connectivity index (χ4v) is 4.39. The molecular weight excluding hydrogens is 445 g/mol. The summed E-state index contributed by atoms with van der Waals surface area (Å²) in [7, 11) is 0. The molecule has 1 amide bonds. The Kier molecular flexibility index (Phi) is 6.36. The van der Waals surface area contributed by atoms with Crippen LogP contribution < -0.4 is 11.1 Å². The summed E-state index contributed by atoms with van der Waals surface area (Å²) < 4.78 is 67.0. The summed E-state index contributed by atoms with van der Waals surface area (Å²) in [4.78, 5) is 21.3. The molecule has 2 fully saturated rings. The van der Waals surface area contributed by atoms with Crippen LogP contribution in [0.4, 0.5) is 22.0 Å². The van der Waals surface area contributed by atoms with Crippen molar-refractivity contribution in [3.63, 3.8) is 0 Å². The molecule has 2 saturated carbocycles. The van der Waals surface area contributed by atoms with Crippen LogP contribution in [0.1, 0.15) is 75.3 Å². The summed E-state index contributed by atoms with van der Waals surface area (Å²) in [6.45, 7) is 0.985. The van der Waals surface area contributed by atoms with Gasteiger partial charge in [0.25, 0.3) is 0 Å². The molecule has 2 aromatic heterocycles. The van der Waals surface area contributed by atoms with E-state index in [1.807, 2.05) is 0 Å². The average molecular weight is 473 g/mol. The highest BCUT2D eigenvalue weighted by Gasteiger charge is 2.40. The predicted octanol–water partition coefficient (Wildman–Crippen LogP) is 4.71. The minimum atomic E-state index is -4.43. The van der Waals surface area contributed by atoms with Gasteiger partial charge in [-0.15, -0.1) is 0 Å². The van der Waals surface area contributed by atoms with E-state index in [1.165, 1.54) is 0 Å². The normalized spacial score (nSPS) is 22.2. The van der Waals surface area contributed by atoms with Crippen molar-refractivity contribution in [1.29, 1.82) is 0 Å². The Morgan fingerprint density at radius 1 is 1.18 bits per heavy atom. The zero-order valence-corrected chi connectivity index (χ0v) is 18.3. The van der Waals surface area contributed by atoms with Gasteiger partial charge in [-0.05, 0) is 43.6 Å². The minimum absolute atomic E-state index is 0.0943. The van der Waals surface area contributed by atoms with Gasteiger partial charge in [0, 0.05) is 31.7 Å². The minimum Gasteiger partial charge on any atom is -0.347 e. The lowest BCUT2D eigenvalue weighted by atomic mass is 9.81. The van der Waals surface area contributed by atoms with E-state index in [4.69, 9.17) is 5.73 Å². The van der Waals surface area contributed by atoms with E-state index in [1.54, 1.807) is 22.9 Å². The van der Waals surface area contributed by atoms with E-state index in [9.17, 15) is 26.7 Å². The van der Waals surface area contributed by atoms with Crippen molar-refractivity contribution in [3.05, 3.63) is 29.8 Å². The van der Waals surface area contributed by atoms with Crippen molar-refractivity contribution in [2.45, 2.75) is 76.1 Å². The van der Waals surface area contributed by atoms with Crippen LogP contribution >= 0.6 is 0 Å². The monoisotopic (exact) mass is 473 g/mol. The highest BCUT2D eigenvalue weighted by atomic mass is 19.4. The summed E-state index contributed by atoms with van der Waals surface area (Å²) in [5.74, 6) is -4.66. The molecule has 11 heteroatoms. The number of halogens is 5. The fourth-order valence-electron chi connectivity index (χ4n) is 4.39. The quantitative estimate of drug-likeness (QED) is 0.571. The number of rotatable bonds is 7. The first-order chi connectivity index (χ1) is 15.4. The van der Waals surface area contributed by atoms with E-state index >= 15 is 0 Å². The number of carbonyl (C=O) groups excluding carboxylic acids is 1. The second kappa shape index (κ2) is 8.81. The Morgan fingerprint density at radius 2 is 1.82 bits per heavy atom. The highest BCUT2D eigenvalue weighted by molar-refractivity contribution is 5.76. The van der Waals surface area contributed by atoms with E-state index < -0.39 is 42.4 Å². The number of imidazole rings is 1. The highest BCUT2D eigenvalue weighted by Crippen LogP contribution is 2.42. The van der Waals surface area contributed by atoms with Crippen molar-refractivity contribution >= 4 is 11.7 Å². The largest absolute Gasteiger partial charge is 0.392 e. The number of nitrogens with one attached hydrogen (secondary N) is 1. The first-order valence-corrected chi connectivity index (χ1v) is 11.3. The van der Waals surface area contributed by atoms with Gasteiger partial charge in [0.2, 0.25) is 17.6 Å². The van der Waals surface area contributed by atoms with Crippen LogP contribution in [-0.4, -0.2) is 32.4 Å². The maximum absolute atomic E-state index is 13.5. The molecule has 182 valence electrons. The number of alkyl halides is 5. The molecule has 0 saturated heterocycles. The number of nitrogens with zero attached hydrogens (tertiary/aromatic N) is 3. The van der Waals surface area contributed by atoms with Crippen LogP contribution in [0.15, 0.2) is 18.5 Å². The van der Waals surface area contributed by atoms with Gasteiger partial charge in [-0.25, -0.2) is 18.7 Å². The summed E-state index contributed by atoms with van der Waals surface area (Å²) in [5, 5.41) is 2.72. The molecule has 2 aliphatic carbocycles. The zero-order chi connectivity index (χ0) is 24.0. The standard InChI is InChI=1S/C22H28F5N5O/c1-12(22(25,26)27)10-17(33)31-19(14-2-3-14)15-6-9-32-11-16(30-20(32)29-15)18(28)13-4-7-21(23,24)8-5-13/h6,9,11-14,18-19H,2-5,7-8,10,28H2,1H3,(H,31,33). The van der Waals surface area contributed by atoms with Crippen LogP contribution in [0.25, 0.3) is 5.78 Å². The number of fused-ring (bicyclic) bond motifs is 1. The molecule has 0 spiro atoms. The summed E-state index contributed by atoms with van der Waals surface area (Å²) in [6.07, 6.45) is 0.357. The summed E-state index contributed by atoms with van der Waals surface area (Å²) in [6, 6.07) is 0.730. The number of hydrogen-bond acceptors (Lipinski definition) is 4. The van der Waals surface area contributed by atoms with E-state index in [0.29, 0.717) is 30.0 Å². The molecule has 3 unspecified atom stereocenters. The Labute approximate surface area is 188 Å². The lowest BCUT2D eigenvalue weighted by molar-refractivity contribution is -0.174. The van der Waals surface area contributed by atoms with Crippen LogP contribution in [0.3, 0.4) is 0 Å². The van der Waals surface area contributed by atoms with E-state index in [2.05, 4.69) is 15.3 Å². The molecule has 0 aliphatic heterocycles. The third-order valence-corrected chi connectivity index (χ3v) is 6.76. The average Bonchev–Trinajstić information content (AvgIpc) is 3.48. The second-order valence-electron chi connectivity index (χ2n) is 9.47. The van der Waals surface area contributed by atoms with Gasteiger partial charge in [0.15, 0.2) is 0 Å². The number of aromatic nitrogens is 3. The molecule has 2 aromatic rings. The van der Waals surface area contributed by atoms with Crippen LogP contribution in [0.2, 0.25) is 0 Å². The lowest BCUT2D eigenvalue weighted by Crippen LogP contribution is -2.34. The molecule has 3 atom stereocenters. The molecule has 3 N–H and O–H groups in total. The molecule has 0 radical (unpaired) electrons. The Bertz CT molecular complexity index is 993. The van der Waals surface area contributed by atoms with Gasteiger partial charge in [-0.1, -0.05) is 6.92 Å². The fraction of sp³-hybridized carbons (Fsp3) is 0.682. The number of carbonyl (C=O) groups is 1. The van der Waals surface area contributed by atoms with Gasteiger partial charge in [0.05, 0.1) is 29.4 Å². The van der Waals surface area contributed by atoms with Crippen LogP contribution in [0.5, 0.6) is 0 Å². The third kappa shape index (κ3) is 5.62. The van der Waals surface area contributed by atoms with E-state index in [0.717, 1.165) is 19.8 Å². The molecular formula is C22H28F5N5O. The Hall–Kier alpha value is -2.30. The third-order valence-electron chi connectivity index (χ3n) is 6.76. The number of hydrogen-bond donors (Lipinski definition) is 2. The van der Waals surface area contributed by atoms with Crippen molar-refractivity contribution in [2.24, 2.45) is 23.5 Å². The first kappa shape index (κ1) is 23.8. The van der Waals surface area contributed by atoms with Crippen molar-refractivity contribution in [2.75, 3.05) is 0 Å². The van der Waals surface area contributed by atoms with Gasteiger partial charge in [-0.3, -0.25) is 9.20 Å². The van der Waals surface area contributed by atoms with E-state index in [-0.39, 0.29) is 24.7 Å². The predicted molar refractivity (Wildman–Crippen MR) is 110 cm³/mol. The Balaban J connectivity index is 1.48.